The Morgan fingerprint density at radius 2 is 2.20 bits per heavy atom. The minimum atomic E-state index is 0.0322. The number of fused-ring (bicyclic) bond motifs is 1. The van der Waals surface area contributed by atoms with E-state index in [1.54, 1.807) is 7.11 Å². The van der Waals surface area contributed by atoms with E-state index in [9.17, 15) is 4.79 Å². The molecule has 1 aliphatic carbocycles. The van der Waals surface area contributed by atoms with Crippen molar-refractivity contribution in [3.63, 3.8) is 0 Å². The monoisotopic (exact) mass is 348 g/mol. The summed E-state index contributed by atoms with van der Waals surface area (Å²) in [4.78, 5) is 14.9. The van der Waals surface area contributed by atoms with Crippen molar-refractivity contribution in [2.24, 2.45) is 5.92 Å². The van der Waals surface area contributed by atoms with E-state index in [2.05, 4.69) is 5.32 Å². The maximum Gasteiger partial charge on any atom is 0.318 e. The number of furan rings is 1. The second-order valence-corrected chi connectivity index (χ2v) is 7.44. The van der Waals surface area contributed by atoms with E-state index in [1.807, 2.05) is 17.0 Å². The molecule has 1 saturated carbocycles. The molecule has 6 heteroatoms. The molecule has 2 aliphatic heterocycles. The van der Waals surface area contributed by atoms with Crippen molar-refractivity contribution >= 4 is 6.03 Å². The van der Waals surface area contributed by atoms with Crippen LogP contribution in [0, 0.1) is 5.92 Å². The highest BCUT2D eigenvalue weighted by Gasteiger charge is 2.40. The lowest BCUT2D eigenvalue weighted by atomic mass is 9.82. The molecule has 4 rings (SSSR count). The average molecular weight is 348 g/mol. The lowest BCUT2D eigenvalue weighted by molar-refractivity contribution is 0.0535. The normalized spacial score (nSPS) is 32.0. The number of methoxy groups -OCH3 is 1. The molecule has 6 nitrogen and oxygen atoms in total. The van der Waals surface area contributed by atoms with Gasteiger partial charge >= 0.3 is 6.03 Å². The first-order valence-corrected chi connectivity index (χ1v) is 9.52. The number of amides is 2. The number of ether oxygens (including phenoxy) is 2. The summed E-state index contributed by atoms with van der Waals surface area (Å²) in [5.41, 5.74) is 0. The van der Waals surface area contributed by atoms with Gasteiger partial charge in [0, 0.05) is 32.2 Å². The van der Waals surface area contributed by atoms with Gasteiger partial charge in [0.25, 0.3) is 0 Å². The topological polar surface area (TPSA) is 63.9 Å². The molecule has 0 aromatic carbocycles. The Morgan fingerprint density at radius 1 is 1.28 bits per heavy atom. The molecule has 3 aliphatic rings. The van der Waals surface area contributed by atoms with Gasteiger partial charge in [-0.1, -0.05) is 0 Å². The van der Waals surface area contributed by atoms with Gasteiger partial charge in [-0.05, 0) is 50.7 Å². The van der Waals surface area contributed by atoms with Crippen molar-refractivity contribution in [1.29, 1.82) is 0 Å². The van der Waals surface area contributed by atoms with Crippen LogP contribution in [0.3, 0.4) is 0 Å². The van der Waals surface area contributed by atoms with E-state index in [-0.39, 0.29) is 18.1 Å². The van der Waals surface area contributed by atoms with Crippen LogP contribution in [0.1, 0.15) is 56.1 Å². The van der Waals surface area contributed by atoms with Gasteiger partial charge in [-0.25, -0.2) is 4.79 Å². The van der Waals surface area contributed by atoms with Gasteiger partial charge in [-0.3, -0.25) is 0 Å². The number of likely N-dealkylation sites (tertiary alicyclic amines) is 1. The maximum absolute atomic E-state index is 12.9. The lowest BCUT2D eigenvalue weighted by Gasteiger charge is -2.35. The molecule has 3 heterocycles. The summed E-state index contributed by atoms with van der Waals surface area (Å²) >= 11 is 0. The van der Waals surface area contributed by atoms with Gasteiger partial charge in [-0.15, -0.1) is 0 Å². The van der Waals surface area contributed by atoms with E-state index >= 15 is 0 Å². The maximum atomic E-state index is 12.9. The molecule has 1 aromatic rings. The number of nitrogens with zero attached hydrogens (tertiary/aromatic N) is 1. The quantitative estimate of drug-likeness (QED) is 0.907. The van der Waals surface area contributed by atoms with E-state index in [4.69, 9.17) is 13.9 Å². The third kappa shape index (κ3) is 3.42. The first-order valence-electron chi connectivity index (χ1n) is 9.52. The van der Waals surface area contributed by atoms with Gasteiger partial charge in [0.1, 0.15) is 18.1 Å². The summed E-state index contributed by atoms with van der Waals surface area (Å²) in [6.45, 7) is 2.08. The lowest BCUT2D eigenvalue weighted by Crippen LogP contribution is -2.50. The number of nitrogens with one attached hydrogen (secondary N) is 1. The minimum Gasteiger partial charge on any atom is -0.461 e. The highest BCUT2D eigenvalue weighted by molar-refractivity contribution is 5.75. The van der Waals surface area contributed by atoms with Gasteiger partial charge < -0.3 is 24.1 Å². The highest BCUT2D eigenvalue weighted by atomic mass is 16.5. The average Bonchev–Trinajstić information content (AvgIpc) is 3.35. The van der Waals surface area contributed by atoms with Crippen LogP contribution in [0.4, 0.5) is 4.79 Å². The zero-order valence-corrected chi connectivity index (χ0v) is 14.9. The Kier molecular flexibility index (Phi) is 4.99. The third-order valence-electron chi connectivity index (χ3n) is 5.90. The van der Waals surface area contributed by atoms with Crippen molar-refractivity contribution in [2.75, 3.05) is 20.3 Å². The predicted molar refractivity (Wildman–Crippen MR) is 92.1 cm³/mol. The van der Waals surface area contributed by atoms with Gasteiger partial charge in [0.15, 0.2) is 0 Å². The molecule has 2 amide bonds. The van der Waals surface area contributed by atoms with Gasteiger partial charge in [0.2, 0.25) is 0 Å². The van der Waals surface area contributed by atoms with Crippen LogP contribution in [-0.4, -0.2) is 43.3 Å². The summed E-state index contributed by atoms with van der Waals surface area (Å²) in [7, 11) is 1.65. The number of urea groups is 1. The standard InChI is InChI=1S/C19H28N2O4/c1-23-12-13-7-8-18(25-13)16-5-3-10-21(16)19(22)20-15-4-2-6-17-14(15)9-11-24-17/h7-8,14-17H,2-6,9-12H2,1H3,(H,20,22)/t14-,15+,16-,17-/m0/s1. The van der Waals surface area contributed by atoms with Crippen molar-refractivity contribution < 1.29 is 18.7 Å². The molecular weight excluding hydrogens is 320 g/mol. The number of carbonyl (C=O) groups is 1. The number of rotatable bonds is 4. The largest absolute Gasteiger partial charge is 0.461 e. The Hall–Kier alpha value is -1.53. The molecule has 138 valence electrons. The van der Waals surface area contributed by atoms with E-state index in [1.165, 1.54) is 0 Å². The fourth-order valence-electron chi connectivity index (χ4n) is 4.70. The number of hydrogen-bond donors (Lipinski definition) is 1. The third-order valence-corrected chi connectivity index (χ3v) is 5.90. The summed E-state index contributed by atoms with van der Waals surface area (Å²) in [6, 6.07) is 4.24. The van der Waals surface area contributed by atoms with Gasteiger partial charge in [-0.2, -0.15) is 0 Å². The van der Waals surface area contributed by atoms with E-state index in [0.717, 1.165) is 63.2 Å². The zero-order chi connectivity index (χ0) is 17.2. The van der Waals surface area contributed by atoms with E-state index in [0.29, 0.717) is 18.6 Å². The first-order chi connectivity index (χ1) is 12.3. The fraction of sp³-hybridized carbons (Fsp3) is 0.737. The highest BCUT2D eigenvalue weighted by Crippen LogP contribution is 2.36. The summed E-state index contributed by atoms with van der Waals surface area (Å²) in [5.74, 6) is 2.16. The Labute approximate surface area is 148 Å². The first kappa shape index (κ1) is 16.9. The Bertz CT molecular complexity index is 602. The van der Waals surface area contributed by atoms with Crippen LogP contribution in [0.5, 0.6) is 0 Å². The smallest absolute Gasteiger partial charge is 0.318 e. The van der Waals surface area contributed by atoms with Crippen molar-refractivity contribution in [1.82, 2.24) is 10.2 Å². The molecule has 0 spiro atoms. The molecule has 0 unspecified atom stereocenters. The molecule has 0 radical (unpaired) electrons. The molecule has 25 heavy (non-hydrogen) atoms. The fourth-order valence-corrected chi connectivity index (χ4v) is 4.70. The Morgan fingerprint density at radius 3 is 3.08 bits per heavy atom. The van der Waals surface area contributed by atoms with Crippen LogP contribution in [-0.2, 0) is 16.1 Å². The minimum absolute atomic E-state index is 0.0322. The number of carbonyl (C=O) groups excluding carboxylic acids is 1. The van der Waals surface area contributed by atoms with Crippen LogP contribution in [0.2, 0.25) is 0 Å². The molecule has 2 saturated heterocycles. The number of hydrogen-bond acceptors (Lipinski definition) is 4. The molecule has 3 fully saturated rings. The zero-order valence-electron chi connectivity index (χ0n) is 14.9. The second-order valence-electron chi connectivity index (χ2n) is 7.44. The molecular formula is C19H28N2O4. The molecule has 1 N–H and O–H groups in total. The molecule has 1 aromatic heterocycles. The van der Waals surface area contributed by atoms with Crippen LogP contribution >= 0.6 is 0 Å². The van der Waals surface area contributed by atoms with E-state index < -0.39 is 0 Å². The molecule has 4 atom stereocenters. The summed E-state index contributed by atoms with van der Waals surface area (Å²) in [5, 5.41) is 3.30. The van der Waals surface area contributed by atoms with Crippen molar-refractivity contribution in [3.8, 4) is 0 Å². The SMILES string of the molecule is COCc1ccc([C@@H]2CCCN2C(=O)N[C@@H]2CCC[C@@H]3OCC[C@H]32)o1. The van der Waals surface area contributed by atoms with Crippen molar-refractivity contribution in [2.45, 2.75) is 63.3 Å². The van der Waals surface area contributed by atoms with Crippen molar-refractivity contribution in [3.05, 3.63) is 23.7 Å². The molecule has 0 bridgehead atoms. The predicted octanol–water partition coefficient (Wildman–Crippen LogP) is 3.23. The van der Waals surface area contributed by atoms with Crippen LogP contribution in [0.15, 0.2) is 16.5 Å². The van der Waals surface area contributed by atoms with Crippen LogP contribution in [0.25, 0.3) is 0 Å². The Balaban J connectivity index is 1.41. The van der Waals surface area contributed by atoms with Crippen LogP contribution < -0.4 is 5.32 Å². The summed E-state index contributed by atoms with van der Waals surface area (Å²) in [6.07, 6.45) is 6.71. The summed E-state index contributed by atoms with van der Waals surface area (Å²) < 4.78 is 16.8. The van der Waals surface area contributed by atoms with Gasteiger partial charge in [0.05, 0.1) is 12.1 Å². The second kappa shape index (κ2) is 7.38.